The van der Waals surface area contributed by atoms with Crippen molar-refractivity contribution < 1.29 is 9.18 Å². The number of imidazole rings is 1. The summed E-state index contributed by atoms with van der Waals surface area (Å²) in [5.74, 6) is 0.190. The second-order valence-electron chi connectivity index (χ2n) is 7.23. The Morgan fingerprint density at radius 3 is 2.66 bits per heavy atom. The molecular formula is C23H27ClFN3O. The molecule has 0 saturated carbocycles. The first kappa shape index (κ1) is 21.3. The summed E-state index contributed by atoms with van der Waals surface area (Å²) in [7, 11) is 0. The molecule has 3 rings (SSSR count). The molecule has 154 valence electrons. The minimum Gasteiger partial charge on any atom is -0.331 e. The molecule has 1 amide bonds. The predicted octanol–water partition coefficient (Wildman–Crippen LogP) is 6.07. The quantitative estimate of drug-likeness (QED) is 0.398. The second-order valence-corrected chi connectivity index (χ2v) is 7.64. The first-order chi connectivity index (χ1) is 14.0. The van der Waals surface area contributed by atoms with Gasteiger partial charge in [0.1, 0.15) is 11.6 Å². The fraction of sp³-hybridized carbons (Fsp3) is 0.391. The number of amides is 1. The number of aromatic nitrogens is 2. The van der Waals surface area contributed by atoms with E-state index in [1.165, 1.54) is 18.2 Å². The van der Waals surface area contributed by atoms with Crippen LogP contribution >= 0.6 is 11.6 Å². The van der Waals surface area contributed by atoms with E-state index in [1.807, 2.05) is 18.2 Å². The zero-order chi connectivity index (χ0) is 20.8. The molecule has 2 aromatic carbocycles. The number of hydrogen-bond donors (Lipinski definition) is 0. The Balaban J connectivity index is 1.93. The fourth-order valence-electron chi connectivity index (χ4n) is 3.51. The summed E-state index contributed by atoms with van der Waals surface area (Å²) in [6.45, 7) is 6.13. The van der Waals surface area contributed by atoms with Gasteiger partial charge in [-0.25, -0.2) is 9.37 Å². The molecule has 1 aromatic heterocycles. The smallest absolute Gasteiger partial charge is 0.254 e. The lowest BCUT2D eigenvalue weighted by molar-refractivity contribution is 0.0734. The highest BCUT2D eigenvalue weighted by Gasteiger charge is 2.20. The van der Waals surface area contributed by atoms with E-state index in [2.05, 4.69) is 24.5 Å². The topological polar surface area (TPSA) is 38.1 Å². The summed E-state index contributed by atoms with van der Waals surface area (Å²) in [6.07, 6.45) is 3.99. The SMILES string of the molecule is CCCCCN(Cc1nc2ccccc2n1CCC)C(=O)c1ccc(F)c(Cl)c1. The van der Waals surface area contributed by atoms with Crippen LogP contribution in [0.15, 0.2) is 42.5 Å². The summed E-state index contributed by atoms with van der Waals surface area (Å²) in [6, 6.07) is 12.2. The van der Waals surface area contributed by atoms with Crippen LogP contribution in [-0.4, -0.2) is 26.9 Å². The molecular weight excluding hydrogens is 389 g/mol. The van der Waals surface area contributed by atoms with Gasteiger partial charge in [-0.05, 0) is 43.2 Å². The Labute approximate surface area is 176 Å². The zero-order valence-corrected chi connectivity index (χ0v) is 17.8. The highest BCUT2D eigenvalue weighted by Crippen LogP contribution is 2.21. The Bertz CT molecular complexity index is 985. The molecule has 0 radical (unpaired) electrons. The summed E-state index contributed by atoms with van der Waals surface area (Å²) in [5, 5.41) is -0.0393. The molecule has 0 aliphatic rings. The summed E-state index contributed by atoms with van der Waals surface area (Å²) in [4.78, 5) is 19.8. The predicted molar refractivity (Wildman–Crippen MR) is 116 cm³/mol. The van der Waals surface area contributed by atoms with Gasteiger partial charge in [0.2, 0.25) is 0 Å². The first-order valence-electron chi connectivity index (χ1n) is 10.2. The van der Waals surface area contributed by atoms with E-state index < -0.39 is 5.82 Å². The van der Waals surface area contributed by atoms with Crippen molar-refractivity contribution in [3.8, 4) is 0 Å². The number of unbranched alkanes of at least 4 members (excludes halogenated alkanes) is 2. The summed E-state index contributed by atoms with van der Waals surface area (Å²) < 4.78 is 15.7. The van der Waals surface area contributed by atoms with E-state index in [0.717, 1.165) is 49.1 Å². The molecule has 0 saturated heterocycles. The number of halogens is 2. The maximum atomic E-state index is 13.5. The van der Waals surface area contributed by atoms with Crippen LogP contribution in [0.1, 0.15) is 55.7 Å². The molecule has 6 heteroatoms. The Morgan fingerprint density at radius 1 is 1.14 bits per heavy atom. The lowest BCUT2D eigenvalue weighted by atomic mass is 10.1. The molecule has 1 heterocycles. The van der Waals surface area contributed by atoms with E-state index in [0.29, 0.717) is 18.7 Å². The highest BCUT2D eigenvalue weighted by atomic mass is 35.5. The molecule has 0 bridgehead atoms. The van der Waals surface area contributed by atoms with Crippen molar-refractivity contribution in [3.63, 3.8) is 0 Å². The van der Waals surface area contributed by atoms with Crippen LogP contribution in [0.4, 0.5) is 4.39 Å². The molecule has 0 spiro atoms. The number of hydrogen-bond acceptors (Lipinski definition) is 2. The first-order valence-corrected chi connectivity index (χ1v) is 10.6. The van der Waals surface area contributed by atoms with Crippen molar-refractivity contribution in [2.75, 3.05) is 6.54 Å². The molecule has 4 nitrogen and oxygen atoms in total. The van der Waals surface area contributed by atoms with E-state index in [1.54, 1.807) is 4.90 Å². The van der Waals surface area contributed by atoms with Gasteiger partial charge < -0.3 is 9.47 Å². The zero-order valence-electron chi connectivity index (χ0n) is 17.0. The third kappa shape index (κ3) is 4.96. The lowest BCUT2D eigenvalue weighted by Gasteiger charge is -2.23. The number of nitrogens with zero attached hydrogens (tertiary/aromatic N) is 3. The van der Waals surface area contributed by atoms with Crippen LogP contribution < -0.4 is 0 Å². The third-order valence-corrected chi connectivity index (χ3v) is 5.29. The van der Waals surface area contributed by atoms with Crippen molar-refractivity contribution in [2.45, 2.75) is 52.6 Å². The second kappa shape index (κ2) is 9.88. The van der Waals surface area contributed by atoms with Crippen LogP contribution in [0.2, 0.25) is 5.02 Å². The number of para-hydroxylation sites is 2. The van der Waals surface area contributed by atoms with Crippen molar-refractivity contribution in [1.82, 2.24) is 14.5 Å². The third-order valence-electron chi connectivity index (χ3n) is 5.00. The van der Waals surface area contributed by atoms with Gasteiger partial charge in [0.05, 0.1) is 22.6 Å². The molecule has 29 heavy (non-hydrogen) atoms. The van der Waals surface area contributed by atoms with Crippen LogP contribution in [0.3, 0.4) is 0 Å². The molecule has 0 aliphatic heterocycles. The number of fused-ring (bicyclic) bond motifs is 1. The number of carbonyl (C=O) groups is 1. The van der Waals surface area contributed by atoms with E-state index in [9.17, 15) is 9.18 Å². The average molecular weight is 416 g/mol. The number of aryl methyl sites for hydroxylation is 1. The van der Waals surface area contributed by atoms with Gasteiger partial charge in [0, 0.05) is 18.7 Å². The minimum atomic E-state index is -0.523. The van der Waals surface area contributed by atoms with Crippen molar-refractivity contribution >= 4 is 28.5 Å². The summed E-state index contributed by atoms with van der Waals surface area (Å²) in [5.41, 5.74) is 2.41. The molecule has 0 unspecified atom stereocenters. The highest BCUT2D eigenvalue weighted by molar-refractivity contribution is 6.31. The van der Waals surface area contributed by atoms with Gasteiger partial charge >= 0.3 is 0 Å². The Morgan fingerprint density at radius 2 is 1.93 bits per heavy atom. The molecule has 3 aromatic rings. The Hall–Kier alpha value is -2.40. The van der Waals surface area contributed by atoms with E-state index >= 15 is 0 Å². The number of rotatable bonds is 9. The van der Waals surface area contributed by atoms with Gasteiger partial charge in [-0.1, -0.05) is 50.4 Å². The number of benzene rings is 2. The van der Waals surface area contributed by atoms with Gasteiger partial charge in [0.15, 0.2) is 0 Å². The monoisotopic (exact) mass is 415 g/mol. The Kier molecular flexibility index (Phi) is 7.26. The largest absolute Gasteiger partial charge is 0.331 e. The van der Waals surface area contributed by atoms with Crippen molar-refractivity contribution in [1.29, 1.82) is 0 Å². The maximum absolute atomic E-state index is 13.5. The molecule has 0 aliphatic carbocycles. The normalized spacial score (nSPS) is 11.2. The van der Waals surface area contributed by atoms with Crippen LogP contribution in [0.5, 0.6) is 0 Å². The lowest BCUT2D eigenvalue weighted by Crippen LogP contribution is -2.32. The summed E-state index contributed by atoms with van der Waals surface area (Å²) >= 11 is 5.91. The fourth-order valence-corrected chi connectivity index (χ4v) is 3.69. The van der Waals surface area contributed by atoms with Gasteiger partial charge in [-0.15, -0.1) is 0 Å². The standard InChI is InChI=1S/C23H27ClFN3O/c1-3-5-8-14-27(23(29)17-11-12-19(25)18(24)15-17)16-22-26-20-9-6-7-10-21(20)28(22)13-4-2/h6-7,9-12,15H,3-5,8,13-14,16H2,1-2H3. The molecule has 0 atom stereocenters. The van der Waals surface area contributed by atoms with Crippen molar-refractivity contribution in [2.24, 2.45) is 0 Å². The van der Waals surface area contributed by atoms with Crippen molar-refractivity contribution in [3.05, 3.63) is 64.7 Å². The minimum absolute atomic E-state index is 0.0393. The molecule has 0 N–H and O–H groups in total. The maximum Gasteiger partial charge on any atom is 0.254 e. The number of carbonyl (C=O) groups excluding carboxylic acids is 1. The van der Waals surface area contributed by atoms with E-state index in [4.69, 9.17) is 16.6 Å². The van der Waals surface area contributed by atoms with Gasteiger partial charge in [-0.3, -0.25) is 4.79 Å². The van der Waals surface area contributed by atoms with Crippen LogP contribution in [-0.2, 0) is 13.1 Å². The van der Waals surface area contributed by atoms with Gasteiger partial charge in [0.25, 0.3) is 5.91 Å². The van der Waals surface area contributed by atoms with Crippen LogP contribution in [0, 0.1) is 5.82 Å². The van der Waals surface area contributed by atoms with E-state index in [-0.39, 0.29) is 10.9 Å². The average Bonchev–Trinajstić information content (AvgIpc) is 3.06. The van der Waals surface area contributed by atoms with Gasteiger partial charge in [-0.2, -0.15) is 0 Å². The molecule has 0 fully saturated rings. The van der Waals surface area contributed by atoms with Crippen LogP contribution in [0.25, 0.3) is 11.0 Å².